The predicted molar refractivity (Wildman–Crippen MR) is 209 cm³/mol. The molecular weight excluding hydrogens is 735 g/mol. The number of sulfonamides is 1. The van der Waals surface area contributed by atoms with E-state index in [1.807, 2.05) is 66.7 Å². The zero-order valence-electron chi connectivity index (χ0n) is 31.3. The minimum atomic E-state index is -4.44. The van der Waals surface area contributed by atoms with E-state index in [1.54, 1.807) is 7.11 Å². The SMILES string of the molecule is COc1ccc2c(O[C@@H]3C[C@@H](C(=O)N[C@]45C[C@H]4/C=C\CCCCCCNC(=O)c4cccc(c4)S(=O)(=O)NC5=O)N(C(C)=O)C3)cc(-c3ccccc3)nc2c1. The lowest BCUT2D eigenvalue weighted by molar-refractivity contribution is -0.138. The van der Waals surface area contributed by atoms with Crippen molar-refractivity contribution in [2.45, 2.75) is 74.4 Å². The largest absolute Gasteiger partial charge is 0.497 e. The maximum Gasteiger partial charge on any atom is 0.264 e. The number of carbonyl (C=O) groups is 4. The molecule has 56 heavy (non-hydrogen) atoms. The van der Waals surface area contributed by atoms with Crippen LogP contribution in [0.5, 0.6) is 11.5 Å². The fraction of sp³-hybridized carbons (Fsp3) is 0.357. The molecule has 3 N–H and O–H groups in total. The lowest BCUT2D eigenvalue weighted by atomic mass is 10.1. The quantitative estimate of drug-likeness (QED) is 0.230. The molecule has 3 heterocycles. The average molecular weight is 780 g/mol. The van der Waals surface area contributed by atoms with Gasteiger partial charge in [-0.3, -0.25) is 19.2 Å². The summed E-state index contributed by atoms with van der Waals surface area (Å²) < 4.78 is 41.3. The van der Waals surface area contributed by atoms with Gasteiger partial charge in [-0.1, -0.05) is 61.4 Å². The Morgan fingerprint density at radius 3 is 2.52 bits per heavy atom. The normalized spacial score (nSPS) is 24.4. The number of methoxy groups -OCH3 is 1. The van der Waals surface area contributed by atoms with Gasteiger partial charge in [-0.2, -0.15) is 0 Å². The molecule has 13 nitrogen and oxygen atoms in total. The molecule has 4 amide bonds. The molecule has 1 saturated carbocycles. The van der Waals surface area contributed by atoms with Crippen LogP contribution in [0.2, 0.25) is 0 Å². The predicted octanol–water partition coefficient (Wildman–Crippen LogP) is 4.91. The highest BCUT2D eigenvalue weighted by atomic mass is 32.2. The number of fused-ring (bicyclic) bond motifs is 4. The van der Waals surface area contributed by atoms with E-state index in [9.17, 15) is 27.6 Å². The first kappa shape index (κ1) is 38.5. The number of hydrogen-bond donors (Lipinski definition) is 3. The van der Waals surface area contributed by atoms with Gasteiger partial charge in [0.05, 0.1) is 29.8 Å². The lowest BCUT2D eigenvalue weighted by Crippen LogP contribution is -2.56. The molecule has 1 aromatic heterocycles. The first-order valence-corrected chi connectivity index (χ1v) is 20.4. The molecule has 2 aliphatic heterocycles. The lowest BCUT2D eigenvalue weighted by Gasteiger charge is -2.25. The molecule has 0 spiro atoms. The third-order valence-corrected chi connectivity index (χ3v) is 12.0. The summed E-state index contributed by atoms with van der Waals surface area (Å²) >= 11 is 0. The Bertz CT molecular complexity index is 2300. The first-order chi connectivity index (χ1) is 27.0. The number of allylic oxidation sites excluding steroid dienone is 1. The molecule has 2 bridgehead atoms. The fourth-order valence-corrected chi connectivity index (χ4v) is 8.57. The Morgan fingerprint density at radius 2 is 1.73 bits per heavy atom. The van der Waals surface area contributed by atoms with Gasteiger partial charge in [0, 0.05) is 54.5 Å². The maximum atomic E-state index is 14.2. The van der Waals surface area contributed by atoms with Crippen molar-refractivity contribution in [3.63, 3.8) is 0 Å². The zero-order chi connectivity index (χ0) is 39.5. The van der Waals surface area contributed by atoms with Crippen LogP contribution in [-0.2, 0) is 24.4 Å². The topological polar surface area (TPSA) is 173 Å². The number of nitrogens with one attached hydrogen (secondary N) is 3. The van der Waals surface area contributed by atoms with Gasteiger partial charge in [-0.15, -0.1) is 0 Å². The number of nitrogens with zero attached hydrogens (tertiary/aromatic N) is 2. The van der Waals surface area contributed by atoms with E-state index in [2.05, 4.69) is 15.4 Å². The zero-order valence-corrected chi connectivity index (χ0v) is 32.1. The second-order valence-corrected chi connectivity index (χ2v) is 16.2. The third kappa shape index (κ3) is 8.25. The number of ether oxygens (including phenoxy) is 2. The van der Waals surface area contributed by atoms with E-state index in [4.69, 9.17) is 14.5 Å². The van der Waals surface area contributed by atoms with E-state index < -0.39 is 51.3 Å². The highest BCUT2D eigenvalue weighted by Gasteiger charge is 2.61. The highest BCUT2D eigenvalue weighted by Crippen LogP contribution is 2.46. The molecule has 14 heteroatoms. The van der Waals surface area contributed by atoms with Crippen molar-refractivity contribution in [2.24, 2.45) is 5.92 Å². The minimum absolute atomic E-state index is 0.106. The van der Waals surface area contributed by atoms with Crippen molar-refractivity contribution in [3.05, 3.63) is 96.6 Å². The summed E-state index contributed by atoms with van der Waals surface area (Å²) in [4.78, 5) is 60.0. The second kappa shape index (κ2) is 16.1. The van der Waals surface area contributed by atoms with Gasteiger partial charge in [0.25, 0.3) is 21.8 Å². The number of benzene rings is 3. The summed E-state index contributed by atoms with van der Waals surface area (Å²) in [7, 11) is -2.86. The van der Waals surface area contributed by atoms with Crippen molar-refractivity contribution in [2.75, 3.05) is 20.2 Å². The number of aromatic nitrogens is 1. The Labute approximate surface area is 325 Å². The molecule has 0 radical (unpaired) electrons. The van der Waals surface area contributed by atoms with Gasteiger partial charge in [-0.05, 0) is 56.0 Å². The van der Waals surface area contributed by atoms with Crippen molar-refractivity contribution >= 4 is 44.6 Å². The van der Waals surface area contributed by atoms with E-state index in [-0.39, 0.29) is 35.8 Å². The van der Waals surface area contributed by atoms with Gasteiger partial charge in [0.2, 0.25) is 11.8 Å². The summed E-state index contributed by atoms with van der Waals surface area (Å²) in [6.45, 7) is 1.94. The molecule has 4 atom stereocenters. The third-order valence-electron chi connectivity index (χ3n) is 10.7. The summed E-state index contributed by atoms with van der Waals surface area (Å²) in [5.74, 6) is -1.59. The average Bonchev–Trinajstić information content (AvgIpc) is 3.72. The van der Waals surface area contributed by atoms with Crippen LogP contribution in [0.15, 0.2) is 95.9 Å². The molecule has 0 unspecified atom stereocenters. The van der Waals surface area contributed by atoms with Gasteiger partial charge in [0.15, 0.2) is 0 Å². The van der Waals surface area contributed by atoms with Gasteiger partial charge >= 0.3 is 0 Å². The standard InChI is InChI=1S/C42H45N5O8S/c1-27(48)47-26-32(55-38-24-35(28-13-8-7-9-14-28)44-36-22-31(54-2)18-19-34(36)38)23-37(47)40(50)45-42-25-30(42)16-10-5-3-4-6-11-20-43-39(49)29-15-12-17-33(21-29)56(52,53)46-41(42)51/h7-10,12-19,21-22,24,30,32,37H,3-6,11,20,23,25-26H2,1-2H3,(H,43,49)(H,45,50)(H,46,51)/b16-10-/t30-,32-,37+,42-/m1/s1. The van der Waals surface area contributed by atoms with E-state index in [0.29, 0.717) is 29.3 Å². The molecule has 292 valence electrons. The van der Waals surface area contributed by atoms with Crippen molar-refractivity contribution in [1.82, 2.24) is 25.2 Å². The smallest absolute Gasteiger partial charge is 0.264 e. The van der Waals surface area contributed by atoms with Crippen molar-refractivity contribution in [1.29, 1.82) is 0 Å². The van der Waals surface area contributed by atoms with E-state index in [0.717, 1.165) is 43.1 Å². The number of likely N-dealkylation sites (tertiary alicyclic amines) is 1. The van der Waals surface area contributed by atoms with Crippen molar-refractivity contribution < 1.29 is 37.1 Å². The number of carbonyl (C=O) groups excluding carboxylic acids is 4. The van der Waals surface area contributed by atoms with Crippen LogP contribution >= 0.6 is 0 Å². The van der Waals surface area contributed by atoms with E-state index in [1.165, 1.54) is 36.1 Å². The van der Waals surface area contributed by atoms with Gasteiger partial charge in [0.1, 0.15) is 29.2 Å². The number of hydrogen-bond acceptors (Lipinski definition) is 9. The molecule has 7 rings (SSSR count). The van der Waals surface area contributed by atoms with Crippen LogP contribution in [0.3, 0.4) is 0 Å². The van der Waals surface area contributed by atoms with Crippen LogP contribution in [0.25, 0.3) is 22.2 Å². The summed E-state index contributed by atoms with van der Waals surface area (Å²) in [6.07, 6.45) is 7.77. The molecule has 3 aromatic carbocycles. The Kier molecular flexibility index (Phi) is 11.1. The van der Waals surface area contributed by atoms with Gasteiger partial charge in [-0.25, -0.2) is 18.1 Å². The summed E-state index contributed by atoms with van der Waals surface area (Å²) in [6, 6.07) is 21.4. The van der Waals surface area contributed by atoms with Crippen LogP contribution in [-0.4, -0.2) is 79.8 Å². The van der Waals surface area contributed by atoms with Gasteiger partial charge < -0.3 is 25.0 Å². The first-order valence-electron chi connectivity index (χ1n) is 18.9. The Morgan fingerprint density at radius 1 is 0.946 bits per heavy atom. The molecule has 1 aliphatic carbocycles. The van der Waals surface area contributed by atoms with Crippen LogP contribution in [0.1, 0.15) is 62.2 Å². The van der Waals surface area contributed by atoms with E-state index >= 15 is 0 Å². The molecule has 3 aliphatic rings. The molecule has 2 fully saturated rings. The highest BCUT2D eigenvalue weighted by molar-refractivity contribution is 7.90. The number of rotatable bonds is 6. The molecule has 1 saturated heterocycles. The Hall–Kier alpha value is -5.76. The summed E-state index contributed by atoms with van der Waals surface area (Å²) in [5.41, 5.74) is 0.765. The monoisotopic (exact) mass is 779 g/mol. The Balaban J connectivity index is 1.14. The summed E-state index contributed by atoms with van der Waals surface area (Å²) in [5, 5.41) is 6.42. The number of pyridine rings is 1. The molecular formula is C42H45N5O8S. The number of amides is 4. The molecule has 4 aromatic rings. The van der Waals surface area contributed by atoms with Crippen LogP contribution < -0.4 is 24.8 Å². The van der Waals surface area contributed by atoms with Crippen molar-refractivity contribution in [3.8, 4) is 22.8 Å². The minimum Gasteiger partial charge on any atom is -0.497 e. The van der Waals surface area contributed by atoms with Crippen LogP contribution in [0, 0.1) is 5.92 Å². The fourth-order valence-electron chi connectivity index (χ4n) is 7.48. The maximum absolute atomic E-state index is 14.2. The second-order valence-electron chi connectivity index (χ2n) is 14.5. The van der Waals surface area contributed by atoms with Crippen LogP contribution in [0.4, 0.5) is 0 Å².